The minimum atomic E-state index is -1.08. The lowest BCUT2D eigenvalue weighted by atomic mass is 9.84. The number of nitrogens with zero attached hydrogens (tertiary/aromatic N) is 1. The number of likely N-dealkylation sites (tertiary alicyclic amines) is 1. The first kappa shape index (κ1) is 10.0. The van der Waals surface area contributed by atoms with E-state index in [9.17, 15) is 9.59 Å². The molecule has 1 aliphatic heterocycles. The van der Waals surface area contributed by atoms with Gasteiger partial charge in [-0.2, -0.15) is 0 Å². The van der Waals surface area contributed by atoms with Crippen LogP contribution in [-0.2, 0) is 9.59 Å². The van der Waals surface area contributed by atoms with Crippen LogP contribution in [0.15, 0.2) is 0 Å². The fourth-order valence-corrected chi connectivity index (χ4v) is 1.66. The largest absolute Gasteiger partial charge is 0.480 e. The molecular weight excluding hydrogens is 170 g/mol. The molecule has 1 fully saturated rings. The number of hydrogen-bond acceptors (Lipinski definition) is 2. The van der Waals surface area contributed by atoms with Crippen LogP contribution in [0.3, 0.4) is 0 Å². The summed E-state index contributed by atoms with van der Waals surface area (Å²) in [6, 6.07) is 0.0265. The van der Waals surface area contributed by atoms with E-state index in [1.165, 1.54) is 4.90 Å². The number of amides is 1. The average molecular weight is 185 g/mol. The molecule has 0 saturated carbocycles. The van der Waals surface area contributed by atoms with Crippen molar-refractivity contribution in [1.29, 1.82) is 0 Å². The van der Waals surface area contributed by atoms with E-state index < -0.39 is 11.5 Å². The van der Waals surface area contributed by atoms with Gasteiger partial charge in [-0.1, -0.05) is 6.92 Å². The first-order chi connectivity index (χ1) is 5.80. The van der Waals surface area contributed by atoms with Gasteiger partial charge in [0.15, 0.2) is 0 Å². The summed E-state index contributed by atoms with van der Waals surface area (Å²) in [5.41, 5.74) is -1.08. The summed E-state index contributed by atoms with van der Waals surface area (Å²) in [7, 11) is 0. The second-order valence-electron chi connectivity index (χ2n) is 4.10. The summed E-state index contributed by atoms with van der Waals surface area (Å²) in [4.78, 5) is 23.7. The number of carbonyl (C=O) groups excluding carboxylic acids is 1. The second-order valence-corrected chi connectivity index (χ2v) is 4.10. The normalized spacial score (nSPS) is 28.6. The summed E-state index contributed by atoms with van der Waals surface area (Å²) >= 11 is 0. The molecule has 74 valence electrons. The first-order valence-electron chi connectivity index (χ1n) is 4.36. The molecule has 0 bridgehead atoms. The van der Waals surface area contributed by atoms with Crippen molar-refractivity contribution in [3.63, 3.8) is 0 Å². The van der Waals surface area contributed by atoms with E-state index in [-0.39, 0.29) is 17.9 Å². The van der Waals surface area contributed by atoms with Gasteiger partial charge in [0, 0.05) is 6.04 Å². The minimum Gasteiger partial charge on any atom is -0.480 e. The highest BCUT2D eigenvalue weighted by Crippen LogP contribution is 2.33. The number of hydrogen-bond donors (Lipinski definition) is 1. The molecule has 1 rings (SSSR count). The Bertz CT molecular complexity index is 260. The smallest absolute Gasteiger partial charge is 0.329 e. The predicted octanol–water partition coefficient (Wildman–Crippen LogP) is 0.716. The Labute approximate surface area is 77.5 Å². The maximum Gasteiger partial charge on any atom is 0.329 e. The summed E-state index contributed by atoms with van der Waals surface area (Å²) in [5.74, 6) is -1.07. The SMILES string of the molecule is CC1C(=O)N(C(C)(C)C(=O)O)C1C. The van der Waals surface area contributed by atoms with Gasteiger partial charge in [-0.05, 0) is 20.8 Å². The van der Waals surface area contributed by atoms with Crippen LogP contribution in [0.2, 0.25) is 0 Å². The number of aliphatic carboxylic acids is 1. The third-order valence-electron chi connectivity index (χ3n) is 2.88. The Morgan fingerprint density at radius 1 is 1.46 bits per heavy atom. The zero-order valence-corrected chi connectivity index (χ0v) is 8.37. The number of carboxylic acids is 1. The highest BCUT2D eigenvalue weighted by Gasteiger charge is 2.51. The fourth-order valence-electron chi connectivity index (χ4n) is 1.66. The molecule has 4 heteroatoms. The molecule has 2 atom stereocenters. The lowest BCUT2D eigenvalue weighted by Gasteiger charge is -2.50. The van der Waals surface area contributed by atoms with Gasteiger partial charge in [0.25, 0.3) is 0 Å². The molecule has 0 aromatic rings. The van der Waals surface area contributed by atoms with Crippen LogP contribution in [-0.4, -0.2) is 33.5 Å². The summed E-state index contributed by atoms with van der Waals surface area (Å²) in [6.45, 7) is 6.80. The van der Waals surface area contributed by atoms with Crippen molar-refractivity contribution >= 4 is 11.9 Å². The van der Waals surface area contributed by atoms with Crippen LogP contribution < -0.4 is 0 Å². The van der Waals surface area contributed by atoms with Gasteiger partial charge >= 0.3 is 5.97 Å². The van der Waals surface area contributed by atoms with Crippen molar-refractivity contribution in [3.8, 4) is 0 Å². The van der Waals surface area contributed by atoms with Crippen molar-refractivity contribution in [2.24, 2.45) is 5.92 Å². The Morgan fingerprint density at radius 2 is 1.92 bits per heavy atom. The van der Waals surface area contributed by atoms with Crippen molar-refractivity contribution in [1.82, 2.24) is 4.90 Å². The average Bonchev–Trinajstić information content (AvgIpc) is 2.03. The van der Waals surface area contributed by atoms with Gasteiger partial charge in [-0.25, -0.2) is 4.79 Å². The van der Waals surface area contributed by atoms with E-state index in [1.54, 1.807) is 13.8 Å². The van der Waals surface area contributed by atoms with E-state index in [0.717, 1.165) is 0 Å². The van der Waals surface area contributed by atoms with Gasteiger partial charge < -0.3 is 10.0 Å². The Balaban J connectivity index is 2.86. The van der Waals surface area contributed by atoms with Gasteiger partial charge in [0.05, 0.1) is 5.92 Å². The van der Waals surface area contributed by atoms with E-state index >= 15 is 0 Å². The maximum absolute atomic E-state index is 11.4. The van der Waals surface area contributed by atoms with Crippen molar-refractivity contribution in [2.45, 2.75) is 39.3 Å². The lowest BCUT2D eigenvalue weighted by molar-refractivity contribution is -0.175. The van der Waals surface area contributed by atoms with Crippen molar-refractivity contribution < 1.29 is 14.7 Å². The Hall–Kier alpha value is -1.06. The third kappa shape index (κ3) is 1.20. The topological polar surface area (TPSA) is 57.6 Å². The first-order valence-corrected chi connectivity index (χ1v) is 4.36. The molecule has 0 aromatic carbocycles. The van der Waals surface area contributed by atoms with Crippen LogP contribution in [0.1, 0.15) is 27.7 Å². The summed E-state index contributed by atoms with van der Waals surface area (Å²) in [6.07, 6.45) is 0. The molecule has 4 nitrogen and oxygen atoms in total. The zero-order chi connectivity index (χ0) is 10.4. The number of rotatable bonds is 2. The molecule has 1 N–H and O–H groups in total. The predicted molar refractivity (Wildman–Crippen MR) is 47.2 cm³/mol. The number of carbonyl (C=O) groups is 2. The monoisotopic (exact) mass is 185 g/mol. The third-order valence-corrected chi connectivity index (χ3v) is 2.88. The number of β-lactam (4-membered cyclic amide) rings is 1. The molecule has 1 aliphatic rings. The minimum absolute atomic E-state index is 0.0265. The second kappa shape index (κ2) is 2.72. The molecule has 1 saturated heterocycles. The van der Waals surface area contributed by atoms with Gasteiger partial charge in [-0.15, -0.1) is 0 Å². The van der Waals surface area contributed by atoms with E-state index in [2.05, 4.69) is 0 Å². The molecule has 1 amide bonds. The summed E-state index contributed by atoms with van der Waals surface area (Å²) in [5, 5.41) is 8.90. The highest BCUT2D eigenvalue weighted by molar-refractivity contribution is 5.92. The molecule has 0 radical (unpaired) electrons. The standard InChI is InChI=1S/C9H15NO3/c1-5-6(2)10(7(5)11)9(3,4)8(12)13/h5-6H,1-4H3,(H,12,13). The molecule has 13 heavy (non-hydrogen) atoms. The molecule has 0 aromatic heterocycles. The molecule has 0 spiro atoms. The van der Waals surface area contributed by atoms with Crippen LogP contribution in [0.25, 0.3) is 0 Å². The Kier molecular flexibility index (Phi) is 2.10. The fraction of sp³-hybridized carbons (Fsp3) is 0.778. The van der Waals surface area contributed by atoms with Crippen LogP contribution in [0, 0.1) is 5.92 Å². The Morgan fingerprint density at radius 3 is 2.23 bits per heavy atom. The summed E-state index contributed by atoms with van der Waals surface area (Å²) < 4.78 is 0. The molecule has 0 aliphatic carbocycles. The van der Waals surface area contributed by atoms with Crippen LogP contribution in [0.5, 0.6) is 0 Å². The van der Waals surface area contributed by atoms with Crippen LogP contribution in [0.4, 0.5) is 0 Å². The van der Waals surface area contributed by atoms with Crippen LogP contribution >= 0.6 is 0 Å². The quantitative estimate of drug-likeness (QED) is 0.645. The van der Waals surface area contributed by atoms with Gasteiger partial charge in [-0.3, -0.25) is 4.79 Å². The molecular formula is C9H15NO3. The molecule has 1 heterocycles. The highest BCUT2D eigenvalue weighted by atomic mass is 16.4. The van der Waals surface area contributed by atoms with E-state index in [4.69, 9.17) is 5.11 Å². The number of carboxylic acid groups (broad SMARTS) is 1. The van der Waals surface area contributed by atoms with Gasteiger partial charge in [0.1, 0.15) is 5.54 Å². The lowest BCUT2D eigenvalue weighted by Crippen LogP contribution is -2.68. The van der Waals surface area contributed by atoms with E-state index in [0.29, 0.717) is 0 Å². The van der Waals surface area contributed by atoms with Crippen molar-refractivity contribution in [2.75, 3.05) is 0 Å². The maximum atomic E-state index is 11.4. The van der Waals surface area contributed by atoms with E-state index in [1.807, 2.05) is 13.8 Å². The molecule has 2 unspecified atom stereocenters. The van der Waals surface area contributed by atoms with Crippen molar-refractivity contribution in [3.05, 3.63) is 0 Å². The van der Waals surface area contributed by atoms with Gasteiger partial charge in [0.2, 0.25) is 5.91 Å². The zero-order valence-electron chi connectivity index (χ0n) is 8.37.